The average molecular weight is 221 g/mol. The highest BCUT2D eigenvalue weighted by atomic mass is 35.5. The number of aliphatic hydroxyl groups excluding tert-OH is 1. The minimum absolute atomic E-state index is 0.210. The Hall–Kier alpha value is -0.770. The quantitative estimate of drug-likeness (QED) is 0.803. The molecule has 3 nitrogen and oxygen atoms in total. The van der Waals surface area contributed by atoms with Gasteiger partial charge in [0.1, 0.15) is 0 Å². The first-order valence-electron chi connectivity index (χ1n) is 3.38. The van der Waals surface area contributed by atoms with Crippen molar-refractivity contribution in [3.8, 4) is 0 Å². The van der Waals surface area contributed by atoms with Gasteiger partial charge in [-0.1, -0.05) is 29.3 Å². The van der Waals surface area contributed by atoms with Crippen LogP contribution in [0.5, 0.6) is 0 Å². The van der Waals surface area contributed by atoms with E-state index in [4.69, 9.17) is 33.4 Å². The van der Waals surface area contributed by atoms with Crippen molar-refractivity contribution in [1.29, 1.82) is 0 Å². The Labute approximate surface area is 84.5 Å². The molecule has 1 rings (SSSR count). The van der Waals surface area contributed by atoms with Crippen LogP contribution in [0.15, 0.2) is 18.2 Å². The van der Waals surface area contributed by atoms with Crippen LogP contribution in [-0.4, -0.2) is 16.2 Å². The molecule has 13 heavy (non-hydrogen) atoms. The number of carboxylic acids is 1. The summed E-state index contributed by atoms with van der Waals surface area (Å²) >= 11 is 11.2. The molecular formula is C8H6Cl2O3. The van der Waals surface area contributed by atoms with Gasteiger partial charge < -0.3 is 10.2 Å². The number of aliphatic hydroxyl groups is 1. The molecule has 0 saturated heterocycles. The maximum absolute atomic E-state index is 10.4. The molecule has 2 N–H and O–H groups in total. The Bertz CT molecular complexity index is 338. The number of carboxylic acid groups (broad SMARTS) is 1. The van der Waals surface area contributed by atoms with Crippen LogP contribution in [0.4, 0.5) is 0 Å². The van der Waals surface area contributed by atoms with Gasteiger partial charge in [0.15, 0.2) is 6.10 Å². The lowest BCUT2D eigenvalue weighted by atomic mass is 10.1. The topological polar surface area (TPSA) is 57.5 Å². The average Bonchev–Trinajstić information content (AvgIpc) is 2.08. The zero-order chi connectivity index (χ0) is 10.0. The van der Waals surface area contributed by atoms with Crippen LogP contribution in [-0.2, 0) is 4.79 Å². The normalized spacial score (nSPS) is 12.5. The summed E-state index contributed by atoms with van der Waals surface area (Å²) in [7, 11) is 0. The third-order valence-corrected chi connectivity index (χ3v) is 2.23. The molecule has 5 heteroatoms. The maximum atomic E-state index is 10.4. The van der Waals surface area contributed by atoms with Crippen LogP contribution >= 0.6 is 23.2 Å². The summed E-state index contributed by atoms with van der Waals surface area (Å²) in [6, 6.07) is 4.17. The minimum atomic E-state index is -1.56. The first-order valence-corrected chi connectivity index (χ1v) is 4.14. The summed E-state index contributed by atoms with van der Waals surface area (Å²) in [4.78, 5) is 10.4. The van der Waals surface area contributed by atoms with Crippen molar-refractivity contribution < 1.29 is 15.0 Å². The molecule has 0 saturated carbocycles. The molecule has 0 aromatic heterocycles. The molecule has 0 bridgehead atoms. The molecule has 0 aliphatic rings. The fourth-order valence-corrected chi connectivity index (χ4v) is 1.13. The van der Waals surface area contributed by atoms with Gasteiger partial charge in [0.25, 0.3) is 0 Å². The third-order valence-electron chi connectivity index (χ3n) is 1.49. The van der Waals surface area contributed by atoms with Crippen molar-refractivity contribution in [1.82, 2.24) is 0 Å². The highest BCUT2D eigenvalue weighted by molar-refractivity contribution is 6.42. The molecule has 0 spiro atoms. The van der Waals surface area contributed by atoms with E-state index in [0.717, 1.165) is 0 Å². The fourth-order valence-electron chi connectivity index (χ4n) is 0.825. The van der Waals surface area contributed by atoms with Crippen LogP contribution in [0.2, 0.25) is 10.0 Å². The van der Waals surface area contributed by atoms with E-state index in [1.54, 1.807) is 0 Å². The first-order chi connectivity index (χ1) is 6.02. The molecule has 1 aromatic rings. The van der Waals surface area contributed by atoms with Gasteiger partial charge in [0.05, 0.1) is 10.0 Å². The summed E-state index contributed by atoms with van der Waals surface area (Å²) in [6.45, 7) is 0. The predicted molar refractivity (Wildman–Crippen MR) is 49.1 cm³/mol. The van der Waals surface area contributed by atoms with Crippen molar-refractivity contribution in [3.05, 3.63) is 33.8 Å². The van der Waals surface area contributed by atoms with Crippen LogP contribution in [0, 0.1) is 0 Å². The minimum Gasteiger partial charge on any atom is -0.479 e. The second-order valence-electron chi connectivity index (χ2n) is 2.41. The summed E-state index contributed by atoms with van der Waals surface area (Å²) < 4.78 is 0. The van der Waals surface area contributed by atoms with Crippen LogP contribution in [0.25, 0.3) is 0 Å². The van der Waals surface area contributed by atoms with E-state index in [1.165, 1.54) is 18.2 Å². The van der Waals surface area contributed by atoms with E-state index in [1.807, 2.05) is 0 Å². The van der Waals surface area contributed by atoms with E-state index in [2.05, 4.69) is 0 Å². The largest absolute Gasteiger partial charge is 0.479 e. The van der Waals surface area contributed by atoms with Crippen molar-refractivity contribution in [2.24, 2.45) is 0 Å². The molecule has 1 unspecified atom stereocenters. The zero-order valence-electron chi connectivity index (χ0n) is 6.37. The van der Waals surface area contributed by atoms with Gasteiger partial charge in [-0.05, 0) is 17.7 Å². The lowest BCUT2D eigenvalue weighted by molar-refractivity contribution is -0.146. The van der Waals surface area contributed by atoms with E-state index in [-0.39, 0.29) is 10.6 Å². The maximum Gasteiger partial charge on any atom is 0.337 e. The predicted octanol–water partition coefficient (Wildman–Crippen LogP) is 2.11. The molecule has 0 fully saturated rings. The van der Waals surface area contributed by atoms with E-state index in [0.29, 0.717) is 5.02 Å². The molecule has 70 valence electrons. The summed E-state index contributed by atoms with van der Waals surface area (Å²) in [5, 5.41) is 18.1. The highest BCUT2D eigenvalue weighted by Crippen LogP contribution is 2.25. The first kappa shape index (κ1) is 10.3. The van der Waals surface area contributed by atoms with Gasteiger partial charge >= 0.3 is 5.97 Å². The fraction of sp³-hybridized carbons (Fsp3) is 0.125. The molecule has 0 aliphatic heterocycles. The Morgan fingerprint density at radius 3 is 2.38 bits per heavy atom. The molecular weight excluding hydrogens is 215 g/mol. The number of aliphatic carboxylic acids is 1. The third kappa shape index (κ3) is 2.34. The van der Waals surface area contributed by atoms with Crippen molar-refractivity contribution >= 4 is 29.2 Å². The lowest BCUT2D eigenvalue weighted by Crippen LogP contribution is -2.10. The van der Waals surface area contributed by atoms with Crippen molar-refractivity contribution in [3.63, 3.8) is 0 Å². The van der Waals surface area contributed by atoms with Crippen molar-refractivity contribution in [2.45, 2.75) is 6.10 Å². The van der Waals surface area contributed by atoms with Gasteiger partial charge in [-0.15, -0.1) is 0 Å². The van der Waals surface area contributed by atoms with Gasteiger partial charge in [0.2, 0.25) is 0 Å². The Morgan fingerprint density at radius 1 is 1.31 bits per heavy atom. The number of benzene rings is 1. The number of hydrogen-bond acceptors (Lipinski definition) is 2. The summed E-state index contributed by atoms with van der Waals surface area (Å²) in [5.74, 6) is -1.32. The standard InChI is InChI=1S/C8H6Cl2O3/c9-5-2-1-4(3-6(5)10)7(11)8(12)13/h1-3,7,11H,(H,12,13). The SMILES string of the molecule is O=C(O)C(O)c1ccc(Cl)c(Cl)c1. The molecule has 1 aromatic carbocycles. The molecule has 0 heterocycles. The summed E-state index contributed by atoms with van der Waals surface area (Å²) in [6.07, 6.45) is -1.56. The monoisotopic (exact) mass is 220 g/mol. The van der Waals surface area contributed by atoms with E-state index >= 15 is 0 Å². The zero-order valence-corrected chi connectivity index (χ0v) is 7.88. The van der Waals surface area contributed by atoms with Crippen LogP contribution < -0.4 is 0 Å². The van der Waals surface area contributed by atoms with E-state index < -0.39 is 12.1 Å². The van der Waals surface area contributed by atoms with E-state index in [9.17, 15) is 4.79 Å². The van der Waals surface area contributed by atoms with Gasteiger partial charge in [-0.2, -0.15) is 0 Å². The molecule has 0 aliphatic carbocycles. The Morgan fingerprint density at radius 2 is 1.92 bits per heavy atom. The van der Waals surface area contributed by atoms with Crippen LogP contribution in [0.1, 0.15) is 11.7 Å². The van der Waals surface area contributed by atoms with Gasteiger partial charge in [-0.25, -0.2) is 4.79 Å². The second-order valence-corrected chi connectivity index (χ2v) is 3.23. The Balaban J connectivity index is 3.03. The number of halogens is 2. The highest BCUT2D eigenvalue weighted by Gasteiger charge is 2.16. The van der Waals surface area contributed by atoms with Crippen LogP contribution in [0.3, 0.4) is 0 Å². The van der Waals surface area contributed by atoms with Gasteiger partial charge in [-0.3, -0.25) is 0 Å². The van der Waals surface area contributed by atoms with Crippen molar-refractivity contribution in [2.75, 3.05) is 0 Å². The Kier molecular flexibility index (Phi) is 3.14. The van der Waals surface area contributed by atoms with Gasteiger partial charge in [0, 0.05) is 0 Å². The molecule has 1 atom stereocenters. The smallest absolute Gasteiger partial charge is 0.337 e. The molecule has 0 radical (unpaired) electrons. The number of rotatable bonds is 2. The number of hydrogen-bond donors (Lipinski definition) is 2. The molecule has 0 amide bonds. The lowest BCUT2D eigenvalue weighted by Gasteiger charge is -2.06. The second kappa shape index (κ2) is 3.96. The summed E-state index contributed by atoms with van der Waals surface area (Å²) in [5.41, 5.74) is 0.210. The number of carbonyl (C=O) groups is 1.